The molecule has 0 radical (unpaired) electrons. The normalized spacial score (nSPS) is 11.1. The first kappa shape index (κ1) is 13.7. The molecule has 1 aromatic rings. The van der Waals surface area contributed by atoms with Crippen LogP contribution in [-0.4, -0.2) is 18.9 Å². The molecule has 1 rings (SSSR count). The van der Waals surface area contributed by atoms with Gasteiger partial charge in [-0.15, -0.1) is 25.8 Å². The largest absolute Gasteiger partial charge is 0.573 e. The SMILES string of the molecule is CCOC(=O)c1cc(OC(F)(F)F)ccc1S. The summed E-state index contributed by atoms with van der Waals surface area (Å²) in [5.41, 5.74) is -0.0723. The van der Waals surface area contributed by atoms with Crippen LogP contribution >= 0.6 is 12.6 Å². The first-order valence-corrected chi connectivity index (χ1v) is 5.04. The fraction of sp³-hybridized carbons (Fsp3) is 0.300. The lowest BCUT2D eigenvalue weighted by molar-refractivity contribution is -0.274. The molecule has 0 atom stereocenters. The van der Waals surface area contributed by atoms with Gasteiger partial charge in [-0.1, -0.05) is 0 Å². The fourth-order valence-electron chi connectivity index (χ4n) is 1.08. The van der Waals surface area contributed by atoms with Gasteiger partial charge in [0.05, 0.1) is 12.2 Å². The van der Waals surface area contributed by atoms with Crippen molar-refractivity contribution in [3.63, 3.8) is 0 Å². The van der Waals surface area contributed by atoms with Crippen LogP contribution in [0.25, 0.3) is 0 Å². The number of benzene rings is 1. The number of halogens is 3. The van der Waals surface area contributed by atoms with Crippen molar-refractivity contribution in [3.05, 3.63) is 23.8 Å². The molecule has 0 amide bonds. The number of thiol groups is 1. The molecule has 17 heavy (non-hydrogen) atoms. The van der Waals surface area contributed by atoms with Crippen molar-refractivity contribution in [1.29, 1.82) is 0 Å². The van der Waals surface area contributed by atoms with Gasteiger partial charge in [0.2, 0.25) is 0 Å². The van der Waals surface area contributed by atoms with Crippen LogP contribution in [0.4, 0.5) is 13.2 Å². The van der Waals surface area contributed by atoms with Crippen LogP contribution in [0.15, 0.2) is 23.1 Å². The van der Waals surface area contributed by atoms with Crippen LogP contribution in [0.2, 0.25) is 0 Å². The van der Waals surface area contributed by atoms with Gasteiger partial charge in [-0.2, -0.15) is 0 Å². The molecule has 1 aromatic carbocycles. The first-order valence-electron chi connectivity index (χ1n) is 4.59. The monoisotopic (exact) mass is 266 g/mol. The number of carbonyl (C=O) groups excluding carboxylic acids is 1. The summed E-state index contributed by atoms with van der Waals surface area (Å²) in [5.74, 6) is -1.23. The van der Waals surface area contributed by atoms with Crippen LogP contribution in [0, 0.1) is 0 Å². The Kier molecular flexibility index (Phi) is 4.28. The Morgan fingerprint density at radius 3 is 2.59 bits per heavy atom. The minimum Gasteiger partial charge on any atom is -0.462 e. The standard InChI is InChI=1S/C10H9F3O3S/c1-2-15-9(14)7-5-6(3-4-8(7)17)16-10(11,12)13/h3-5,17H,2H2,1H3. The lowest BCUT2D eigenvalue weighted by Crippen LogP contribution is -2.17. The Balaban J connectivity index is 2.98. The molecule has 0 unspecified atom stereocenters. The van der Waals surface area contributed by atoms with Gasteiger partial charge < -0.3 is 9.47 Å². The molecular weight excluding hydrogens is 257 g/mol. The van der Waals surface area contributed by atoms with Crippen molar-refractivity contribution in [3.8, 4) is 5.75 Å². The lowest BCUT2D eigenvalue weighted by atomic mass is 10.2. The van der Waals surface area contributed by atoms with Gasteiger partial charge in [0, 0.05) is 4.90 Å². The van der Waals surface area contributed by atoms with E-state index in [0.29, 0.717) is 0 Å². The average Bonchev–Trinajstić information content (AvgIpc) is 2.19. The van der Waals surface area contributed by atoms with Crippen LogP contribution in [0.3, 0.4) is 0 Å². The Morgan fingerprint density at radius 2 is 2.06 bits per heavy atom. The van der Waals surface area contributed by atoms with Crippen LogP contribution < -0.4 is 4.74 Å². The Hall–Kier alpha value is -1.37. The van der Waals surface area contributed by atoms with Gasteiger partial charge in [-0.3, -0.25) is 0 Å². The molecule has 0 spiro atoms. The summed E-state index contributed by atoms with van der Waals surface area (Å²) < 4.78 is 44.2. The Morgan fingerprint density at radius 1 is 1.41 bits per heavy atom. The van der Waals surface area contributed by atoms with Crippen molar-refractivity contribution in [2.75, 3.05) is 6.61 Å². The van der Waals surface area contributed by atoms with E-state index in [0.717, 1.165) is 12.1 Å². The molecule has 0 heterocycles. The van der Waals surface area contributed by atoms with E-state index in [1.165, 1.54) is 6.07 Å². The zero-order valence-corrected chi connectivity index (χ0v) is 9.64. The van der Waals surface area contributed by atoms with Gasteiger partial charge in [0.15, 0.2) is 0 Å². The highest BCUT2D eigenvalue weighted by molar-refractivity contribution is 7.80. The predicted molar refractivity (Wildman–Crippen MR) is 56.3 cm³/mol. The number of rotatable bonds is 3. The van der Waals surface area contributed by atoms with Gasteiger partial charge in [0.1, 0.15) is 5.75 Å². The molecule has 7 heteroatoms. The van der Waals surface area contributed by atoms with E-state index in [2.05, 4.69) is 22.1 Å². The van der Waals surface area contributed by atoms with Crippen molar-refractivity contribution < 1.29 is 27.4 Å². The van der Waals surface area contributed by atoms with Crippen molar-refractivity contribution in [2.45, 2.75) is 18.2 Å². The second-order valence-electron chi connectivity index (χ2n) is 2.95. The molecule has 0 N–H and O–H groups in total. The summed E-state index contributed by atoms with van der Waals surface area (Å²) in [4.78, 5) is 11.6. The molecule has 0 fully saturated rings. The minimum absolute atomic E-state index is 0.0723. The number of hydrogen-bond acceptors (Lipinski definition) is 4. The van der Waals surface area contributed by atoms with Gasteiger partial charge >= 0.3 is 12.3 Å². The van der Waals surface area contributed by atoms with E-state index in [1.807, 2.05) is 0 Å². The number of carbonyl (C=O) groups is 1. The van der Waals surface area contributed by atoms with Crippen LogP contribution in [-0.2, 0) is 4.74 Å². The maximum absolute atomic E-state index is 12.0. The molecule has 0 bridgehead atoms. The summed E-state index contributed by atoms with van der Waals surface area (Å²) >= 11 is 3.95. The third-order valence-electron chi connectivity index (χ3n) is 1.70. The Labute approximate surface area is 101 Å². The summed E-state index contributed by atoms with van der Waals surface area (Å²) in [5, 5.41) is 0. The zero-order valence-electron chi connectivity index (χ0n) is 8.75. The average molecular weight is 266 g/mol. The van der Waals surface area contributed by atoms with Crippen LogP contribution in [0.1, 0.15) is 17.3 Å². The first-order chi connectivity index (χ1) is 7.83. The minimum atomic E-state index is -4.80. The van der Waals surface area contributed by atoms with E-state index < -0.39 is 18.1 Å². The second-order valence-corrected chi connectivity index (χ2v) is 3.43. The Bertz CT molecular complexity index is 418. The quantitative estimate of drug-likeness (QED) is 0.674. The van der Waals surface area contributed by atoms with Crippen molar-refractivity contribution in [2.24, 2.45) is 0 Å². The van der Waals surface area contributed by atoms with Crippen LogP contribution in [0.5, 0.6) is 5.75 Å². The summed E-state index contributed by atoms with van der Waals surface area (Å²) in [7, 11) is 0. The molecule has 3 nitrogen and oxygen atoms in total. The van der Waals surface area contributed by atoms with Crippen molar-refractivity contribution >= 4 is 18.6 Å². The fourth-order valence-corrected chi connectivity index (χ4v) is 1.31. The number of esters is 1. The summed E-state index contributed by atoms with van der Waals surface area (Å²) in [6.45, 7) is 1.71. The highest BCUT2D eigenvalue weighted by Gasteiger charge is 2.31. The molecule has 0 aliphatic rings. The van der Waals surface area contributed by atoms with Gasteiger partial charge in [-0.25, -0.2) is 4.79 Å². The predicted octanol–water partition coefficient (Wildman–Crippen LogP) is 3.05. The maximum Gasteiger partial charge on any atom is 0.573 e. The highest BCUT2D eigenvalue weighted by Crippen LogP contribution is 2.26. The maximum atomic E-state index is 12.0. The number of alkyl halides is 3. The molecular formula is C10H9F3O3S. The lowest BCUT2D eigenvalue weighted by Gasteiger charge is -2.11. The molecule has 0 aromatic heterocycles. The summed E-state index contributed by atoms with van der Waals surface area (Å²) in [6, 6.07) is 3.24. The number of hydrogen-bond donors (Lipinski definition) is 1. The molecule has 0 aliphatic carbocycles. The van der Waals surface area contributed by atoms with Gasteiger partial charge in [-0.05, 0) is 25.1 Å². The zero-order chi connectivity index (χ0) is 13.1. The van der Waals surface area contributed by atoms with E-state index in [9.17, 15) is 18.0 Å². The van der Waals surface area contributed by atoms with E-state index in [4.69, 9.17) is 0 Å². The molecule has 94 valence electrons. The third kappa shape index (κ3) is 4.18. The van der Waals surface area contributed by atoms with E-state index in [1.54, 1.807) is 6.92 Å². The number of ether oxygens (including phenoxy) is 2. The topological polar surface area (TPSA) is 35.5 Å². The molecule has 0 aliphatic heterocycles. The highest BCUT2D eigenvalue weighted by atomic mass is 32.1. The third-order valence-corrected chi connectivity index (χ3v) is 2.09. The smallest absolute Gasteiger partial charge is 0.462 e. The molecule has 0 saturated heterocycles. The van der Waals surface area contributed by atoms with Crippen molar-refractivity contribution in [1.82, 2.24) is 0 Å². The second kappa shape index (κ2) is 5.31. The van der Waals surface area contributed by atoms with E-state index >= 15 is 0 Å². The van der Waals surface area contributed by atoms with E-state index in [-0.39, 0.29) is 17.1 Å². The van der Waals surface area contributed by atoms with Gasteiger partial charge in [0.25, 0.3) is 0 Å². The summed E-state index contributed by atoms with van der Waals surface area (Å²) in [6.07, 6.45) is -4.80. The molecule has 0 saturated carbocycles.